The summed E-state index contributed by atoms with van der Waals surface area (Å²) in [5.74, 6) is -0.800. The third-order valence-electron chi connectivity index (χ3n) is 4.99. The van der Waals surface area contributed by atoms with Crippen molar-refractivity contribution in [2.45, 2.75) is 64.1 Å². The highest BCUT2D eigenvalue weighted by molar-refractivity contribution is 5.54. The molecule has 2 atom stereocenters. The number of hydrogen-bond acceptors (Lipinski definition) is 2. The first-order chi connectivity index (χ1) is 10.1. The molecule has 0 aromatic heterocycles. The van der Waals surface area contributed by atoms with Crippen molar-refractivity contribution in [2.75, 3.05) is 11.4 Å². The van der Waals surface area contributed by atoms with Gasteiger partial charge in [-0.15, -0.1) is 0 Å². The Morgan fingerprint density at radius 2 is 1.86 bits per heavy atom. The van der Waals surface area contributed by atoms with E-state index in [2.05, 4.69) is 17.1 Å². The van der Waals surface area contributed by atoms with Crippen LogP contribution < -0.4 is 10.2 Å². The Kier molecular flexibility index (Phi) is 4.16. The number of nitrogens with zero attached hydrogens (tertiary/aromatic N) is 1. The van der Waals surface area contributed by atoms with Crippen LogP contribution in [0.5, 0.6) is 0 Å². The highest BCUT2D eigenvalue weighted by atomic mass is 19.1. The molecule has 2 unspecified atom stereocenters. The van der Waals surface area contributed by atoms with Crippen molar-refractivity contribution in [2.24, 2.45) is 0 Å². The quantitative estimate of drug-likeness (QED) is 0.913. The van der Waals surface area contributed by atoms with E-state index < -0.39 is 5.82 Å². The summed E-state index contributed by atoms with van der Waals surface area (Å²) in [6.07, 6.45) is 5.20. The van der Waals surface area contributed by atoms with Crippen LogP contribution in [0.1, 0.15) is 44.6 Å². The predicted molar refractivity (Wildman–Crippen MR) is 81.7 cm³/mol. The van der Waals surface area contributed by atoms with Gasteiger partial charge in [-0.1, -0.05) is 13.0 Å². The second kappa shape index (κ2) is 5.91. The van der Waals surface area contributed by atoms with Crippen molar-refractivity contribution in [3.05, 3.63) is 29.3 Å². The molecule has 0 saturated carbocycles. The minimum Gasteiger partial charge on any atom is -0.361 e. The van der Waals surface area contributed by atoms with Crippen LogP contribution in [-0.4, -0.2) is 24.7 Å². The predicted octanol–water partition coefficient (Wildman–Crippen LogP) is 3.77. The van der Waals surface area contributed by atoms with Crippen LogP contribution >= 0.6 is 0 Å². The number of hydrogen-bond donors (Lipinski definition) is 1. The Balaban J connectivity index is 1.94. The highest BCUT2D eigenvalue weighted by Gasteiger charge is 2.40. The second-order valence-corrected chi connectivity index (χ2v) is 6.40. The summed E-state index contributed by atoms with van der Waals surface area (Å²) < 4.78 is 28.8. The summed E-state index contributed by atoms with van der Waals surface area (Å²) >= 11 is 0. The molecule has 4 heteroatoms. The first-order valence-electron chi connectivity index (χ1n) is 8.08. The van der Waals surface area contributed by atoms with Gasteiger partial charge in [0.25, 0.3) is 0 Å². The SMILES string of the molecule is CCNC1CC2CCCC(C1)N2c1c(F)ccc(C)c1F. The zero-order valence-electron chi connectivity index (χ0n) is 12.8. The fraction of sp³-hybridized carbons (Fsp3) is 0.647. The number of aryl methyl sites for hydroxylation is 1. The van der Waals surface area contributed by atoms with Crippen LogP contribution in [0, 0.1) is 18.6 Å². The molecular formula is C17H24F2N2. The standard InChI is InChI=1S/C17H24F2N2/c1-3-20-12-9-13-5-4-6-14(10-12)21(13)17-15(18)8-7-11(2)16(17)19/h7-8,12-14,20H,3-6,9-10H2,1-2H3. The summed E-state index contributed by atoms with van der Waals surface area (Å²) in [5.41, 5.74) is 0.734. The monoisotopic (exact) mass is 294 g/mol. The van der Waals surface area contributed by atoms with Crippen LogP contribution in [0.3, 0.4) is 0 Å². The molecule has 1 aromatic rings. The summed E-state index contributed by atoms with van der Waals surface area (Å²) in [7, 11) is 0. The average molecular weight is 294 g/mol. The normalized spacial score (nSPS) is 28.8. The van der Waals surface area contributed by atoms with E-state index in [0.717, 1.165) is 32.2 Å². The third kappa shape index (κ3) is 2.66. The van der Waals surface area contributed by atoms with Crippen LogP contribution in [0.4, 0.5) is 14.5 Å². The van der Waals surface area contributed by atoms with Gasteiger partial charge in [-0.05, 0) is 57.2 Å². The fourth-order valence-corrected chi connectivity index (χ4v) is 4.08. The Morgan fingerprint density at radius 1 is 1.19 bits per heavy atom. The van der Waals surface area contributed by atoms with Crippen molar-refractivity contribution >= 4 is 5.69 Å². The van der Waals surface area contributed by atoms with Crippen molar-refractivity contribution in [3.63, 3.8) is 0 Å². The lowest BCUT2D eigenvalue weighted by molar-refractivity contribution is 0.243. The van der Waals surface area contributed by atoms with E-state index in [0.29, 0.717) is 11.6 Å². The van der Waals surface area contributed by atoms with E-state index in [4.69, 9.17) is 0 Å². The molecule has 0 spiro atoms. The lowest BCUT2D eigenvalue weighted by Gasteiger charge is -2.50. The van der Waals surface area contributed by atoms with Crippen molar-refractivity contribution in [1.82, 2.24) is 5.32 Å². The summed E-state index contributed by atoms with van der Waals surface area (Å²) in [6, 6.07) is 3.92. The number of fused-ring (bicyclic) bond motifs is 2. The van der Waals surface area contributed by atoms with Crippen molar-refractivity contribution in [1.29, 1.82) is 0 Å². The Labute approximate surface area is 125 Å². The van der Waals surface area contributed by atoms with Gasteiger partial charge in [0.1, 0.15) is 11.5 Å². The molecule has 1 aromatic carbocycles. The number of halogens is 2. The summed E-state index contributed by atoms with van der Waals surface area (Å²) in [6.45, 7) is 4.78. The Morgan fingerprint density at radius 3 is 2.48 bits per heavy atom. The minimum absolute atomic E-state index is 0.208. The minimum atomic E-state index is -0.420. The molecule has 2 saturated heterocycles. The van der Waals surface area contributed by atoms with E-state index in [9.17, 15) is 8.78 Å². The topological polar surface area (TPSA) is 15.3 Å². The molecular weight excluding hydrogens is 270 g/mol. The zero-order valence-corrected chi connectivity index (χ0v) is 12.8. The van der Waals surface area contributed by atoms with Gasteiger partial charge in [0.2, 0.25) is 0 Å². The Bertz CT molecular complexity index is 504. The first kappa shape index (κ1) is 14.8. The molecule has 2 fully saturated rings. The summed E-state index contributed by atoms with van der Waals surface area (Å²) in [4.78, 5) is 2.05. The molecule has 2 nitrogen and oxygen atoms in total. The average Bonchev–Trinajstić information content (AvgIpc) is 2.44. The number of benzene rings is 1. The van der Waals surface area contributed by atoms with Gasteiger partial charge in [-0.2, -0.15) is 0 Å². The fourth-order valence-electron chi connectivity index (χ4n) is 4.08. The molecule has 0 amide bonds. The van der Waals surface area contributed by atoms with E-state index in [1.165, 1.54) is 18.6 Å². The second-order valence-electron chi connectivity index (χ2n) is 6.40. The maximum atomic E-state index is 14.5. The lowest BCUT2D eigenvalue weighted by atomic mass is 9.81. The van der Waals surface area contributed by atoms with Crippen LogP contribution in [-0.2, 0) is 0 Å². The highest BCUT2D eigenvalue weighted by Crippen LogP contribution is 2.40. The Hall–Kier alpha value is -1.16. The molecule has 2 aliphatic heterocycles. The molecule has 0 radical (unpaired) electrons. The maximum absolute atomic E-state index is 14.5. The molecule has 116 valence electrons. The lowest BCUT2D eigenvalue weighted by Crippen LogP contribution is -2.57. The smallest absolute Gasteiger partial charge is 0.152 e. The number of rotatable bonds is 3. The van der Waals surface area contributed by atoms with Crippen LogP contribution in [0.25, 0.3) is 0 Å². The van der Waals surface area contributed by atoms with Gasteiger partial charge in [-0.3, -0.25) is 0 Å². The van der Waals surface area contributed by atoms with E-state index in [1.807, 2.05) is 0 Å². The van der Waals surface area contributed by atoms with E-state index >= 15 is 0 Å². The number of piperidine rings is 2. The molecule has 2 aliphatic rings. The van der Waals surface area contributed by atoms with Gasteiger partial charge in [0, 0.05) is 18.1 Å². The van der Waals surface area contributed by atoms with E-state index in [1.54, 1.807) is 6.92 Å². The summed E-state index contributed by atoms with van der Waals surface area (Å²) in [5, 5.41) is 3.51. The molecule has 1 N–H and O–H groups in total. The molecule has 3 rings (SSSR count). The van der Waals surface area contributed by atoms with Crippen LogP contribution in [0.2, 0.25) is 0 Å². The zero-order chi connectivity index (χ0) is 15.0. The largest absolute Gasteiger partial charge is 0.361 e. The van der Waals surface area contributed by atoms with Gasteiger partial charge in [0.05, 0.1) is 0 Å². The van der Waals surface area contributed by atoms with Gasteiger partial charge >= 0.3 is 0 Å². The van der Waals surface area contributed by atoms with Crippen LogP contribution in [0.15, 0.2) is 12.1 Å². The molecule has 2 bridgehead atoms. The van der Waals surface area contributed by atoms with E-state index in [-0.39, 0.29) is 23.6 Å². The molecule has 2 heterocycles. The van der Waals surface area contributed by atoms with Gasteiger partial charge < -0.3 is 10.2 Å². The molecule has 21 heavy (non-hydrogen) atoms. The number of anilines is 1. The van der Waals surface area contributed by atoms with Gasteiger partial charge in [0.15, 0.2) is 5.82 Å². The number of nitrogens with one attached hydrogen (secondary N) is 1. The van der Waals surface area contributed by atoms with Gasteiger partial charge in [-0.25, -0.2) is 8.78 Å². The van der Waals surface area contributed by atoms with Crippen molar-refractivity contribution < 1.29 is 8.78 Å². The third-order valence-corrected chi connectivity index (χ3v) is 4.99. The maximum Gasteiger partial charge on any atom is 0.152 e. The van der Waals surface area contributed by atoms with Crippen molar-refractivity contribution in [3.8, 4) is 0 Å². The first-order valence-corrected chi connectivity index (χ1v) is 8.08. The molecule has 0 aliphatic carbocycles.